The van der Waals surface area contributed by atoms with Gasteiger partial charge >= 0.3 is 5.97 Å². The highest BCUT2D eigenvalue weighted by molar-refractivity contribution is 5.69. The summed E-state index contributed by atoms with van der Waals surface area (Å²) in [4.78, 5) is 20.7. The van der Waals surface area contributed by atoms with Gasteiger partial charge in [-0.2, -0.15) is 0 Å². The summed E-state index contributed by atoms with van der Waals surface area (Å²) in [6.07, 6.45) is 15.8. The molecule has 5 nitrogen and oxygen atoms in total. The smallest absolute Gasteiger partial charge is 0.307 e. The number of carboxylic acid groups (broad SMARTS) is 1. The lowest BCUT2D eigenvalue weighted by Gasteiger charge is -2.61. The molecule has 0 aromatic rings. The third-order valence-corrected chi connectivity index (χ3v) is 10.4. The summed E-state index contributed by atoms with van der Waals surface area (Å²) in [7, 11) is 0. The van der Waals surface area contributed by atoms with Crippen molar-refractivity contribution in [1.29, 1.82) is 0 Å². The van der Waals surface area contributed by atoms with Crippen LogP contribution in [-0.2, 0) is 14.3 Å². The van der Waals surface area contributed by atoms with Crippen LogP contribution in [0.1, 0.15) is 132 Å². The van der Waals surface area contributed by atoms with Crippen LogP contribution in [0.4, 0.5) is 0 Å². The fourth-order valence-electron chi connectivity index (χ4n) is 8.96. The summed E-state index contributed by atoms with van der Waals surface area (Å²) in [5, 5.41) is 16.2. The molecule has 212 valence electrons. The van der Waals surface area contributed by atoms with Gasteiger partial charge in [-0.25, -0.2) is 0 Å². The highest BCUT2D eigenvalue weighted by Gasteiger charge is 2.60. The molecule has 0 saturated heterocycles. The van der Waals surface area contributed by atoms with E-state index in [-0.39, 0.29) is 5.97 Å². The molecule has 4 rings (SSSR count). The molecule has 4 aliphatic carbocycles. The molecule has 2 N–H and O–H groups in total. The molecule has 8 atom stereocenters. The van der Waals surface area contributed by atoms with E-state index in [4.69, 9.17) is 19.7 Å². The number of hydrogen-bond donors (Lipinski definition) is 2. The van der Waals surface area contributed by atoms with Gasteiger partial charge in [0.15, 0.2) is 6.79 Å². The molecule has 0 spiro atoms. The summed E-state index contributed by atoms with van der Waals surface area (Å²) in [6.45, 7) is 16.2. The molecule has 4 saturated carbocycles. The van der Waals surface area contributed by atoms with E-state index in [1.165, 1.54) is 64.2 Å². The molecule has 0 amide bonds. The average Bonchev–Trinajstić information content (AvgIpc) is 3.22. The van der Waals surface area contributed by atoms with Crippen LogP contribution in [0.3, 0.4) is 0 Å². The van der Waals surface area contributed by atoms with Crippen LogP contribution in [0.15, 0.2) is 0 Å². The van der Waals surface area contributed by atoms with E-state index in [9.17, 15) is 4.79 Å². The molecule has 0 bridgehead atoms. The maximum absolute atomic E-state index is 11.7. The molecule has 36 heavy (non-hydrogen) atoms. The van der Waals surface area contributed by atoms with Crippen LogP contribution in [-0.4, -0.2) is 28.9 Å². The lowest BCUT2D eigenvalue weighted by Crippen LogP contribution is -2.53. The number of aliphatic hydroxyl groups is 1. The predicted molar refractivity (Wildman–Crippen MR) is 147 cm³/mol. The van der Waals surface area contributed by atoms with E-state index in [2.05, 4.69) is 20.8 Å². The lowest BCUT2D eigenvalue weighted by atomic mass is 9.44. The topological polar surface area (TPSA) is 83.8 Å². The van der Waals surface area contributed by atoms with Gasteiger partial charge in [-0.05, 0) is 104 Å². The quantitative estimate of drug-likeness (QED) is 0.288. The first-order valence-corrected chi connectivity index (χ1v) is 15.1. The molecule has 5 heteroatoms. The number of rotatable bonds is 5. The van der Waals surface area contributed by atoms with Gasteiger partial charge in [0.25, 0.3) is 5.97 Å². The van der Waals surface area contributed by atoms with E-state index >= 15 is 0 Å². The Kier molecular flexibility index (Phi) is 14.0. The number of aliphatic carboxylic acids is 1. The van der Waals surface area contributed by atoms with Crippen LogP contribution in [0.2, 0.25) is 0 Å². The summed E-state index contributed by atoms with van der Waals surface area (Å²) < 4.78 is 4.74. The third kappa shape index (κ3) is 7.48. The average molecular weight is 511 g/mol. The van der Waals surface area contributed by atoms with Gasteiger partial charge in [0.2, 0.25) is 0 Å². The largest absolute Gasteiger partial charge is 0.481 e. The van der Waals surface area contributed by atoms with Crippen molar-refractivity contribution in [2.75, 3.05) is 6.79 Å². The molecule has 0 heterocycles. The second-order valence-electron chi connectivity index (χ2n) is 11.8. The lowest BCUT2D eigenvalue weighted by molar-refractivity contribution is -0.152. The summed E-state index contributed by atoms with van der Waals surface area (Å²) >= 11 is 0. The van der Waals surface area contributed by atoms with Gasteiger partial charge in [-0.1, -0.05) is 61.3 Å². The standard InChI is InChI=1S/C25H42O3.C2H4O2.2C2H6/c1-17(7-12-23(27)28-16-26)20-10-11-21-19-9-8-18-6-4-5-14-24(18,2)22(19)13-15-25(20,21)3;1-2(3)4;2*1-2/h17-22,26H,4-16H2,1-3H3;1H3,(H,3,4);2*1-2H3/t17-,18?,19?,20?,21?,22?,24?,25?;;;/m1.../s1. The van der Waals surface area contributed by atoms with Crippen molar-refractivity contribution in [2.45, 2.75) is 132 Å². The van der Waals surface area contributed by atoms with Crippen molar-refractivity contribution in [2.24, 2.45) is 46.3 Å². The molecule has 4 aliphatic rings. The highest BCUT2D eigenvalue weighted by Crippen LogP contribution is 2.68. The van der Waals surface area contributed by atoms with Crippen molar-refractivity contribution < 1.29 is 24.5 Å². The van der Waals surface area contributed by atoms with Crippen LogP contribution >= 0.6 is 0 Å². The van der Waals surface area contributed by atoms with Gasteiger partial charge in [0, 0.05) is 13.3 Å². The van der Waals surface area contributed by atoms with Crippen LogP contribution in [0, 0.1) is 46.3 Å². The van der Waals surface area contributed by atoms with Crippen LogP contribution < -0.4 is 0 Å². The molecular weight excluding hydrogens is 452 g/mol. The van der Waals surface area contributed by atoms with Crippen LogP contribution in [0.5, 0.6) is 0 Å². The minimum Gasteiger partial charge on any atom is -0.481 e. The number of aliphatic hydroxyl groups excluding tert-OH is 1. The number of carboxylic acids is 1. The molecule has 0 aromatic heterocycles. The second kappa shape index (κ2) is 15.3. The van der Waals surface area contributed by atoms with Crippen molar-refractivity contribution in [3.63, 3.8) is 0 Å². The number of fused-ring (bicyclic) bond motifs is 5. The van der Waals surface area contributed by atoms with E-state index < -0.39 is 12.8 Å². The SMILES string of the molecule is CC.CC.CC(=O)O.C[C@H](CCC(=O)OCO)C1CCC2C3CCC4CCCCC4(C)C3CCC21C. The minimum atomic E-state index is -0.833. The number of hydrogen-bond acceptors (Lipinski definition) is 4. The molecule has 0 aliphatic heterocycles. The molecule has 0 radical (unpaired) electrons. The minimum absolute atomic E-state index is 0.249. The number of ether oxygens (including phenoxy) is 1. The van der Waals surface area contributed by atoms with E-state index in [0.717, 1.165) is 42.9 Å². The summed E-state index contributed by atoms with van der Waals surface area (Å²) in [6, 6.07) is 0. The predicted octanol–water partition coefficient (Wildman–Crippen LogP) is 8.09. The van der Waals surface area contributed by atoms with Crippen molar-refractivity contribution in [1.82, 2.24) is 0 Å². The Balaban J connectivity index is 0.000000725. The Morgan fingerprint density at radius 3 is 2.11 bits per heavy atom. The second-order valence-corrected chi connectivity index (χ2v) is 11.8. The molecule has 4 fully saturated rings. The van der Waals surface area contributed by atoms with E-state index in [0.29, 0.717) is 23.2 Å². The zero-order chi connectivity index (χ0) is 27.5. The molecule has 7 unspecified atom stereocenters. The maximum Gasteiger partial charge on any atom is 0.307 e. The van der Waals surface area contributed by atoms with Gasteiger partial charge in [-0.3, -0.25) is 9.59 Å². The zero-order valence-corrected chi connectivity index (χ0v) is 24.8. The van der Waals surface area contributed by atoms with Gasteiger partial charge in [0.05, 0.1) is 0 Å². The van der Waals surface area contributed by atoms with Gasteiger partial charge in [0.1, 0.15) is 0 Å². The fourth-order valence-corrected chi connectivity index (χ4v) is 8.96. The Morgan fingerprint density at radius 1 is 0.889 bits per heavy atom. The number of esters is 1. The summed E-state index contributed by atoms with van der Waals surface area (Å²) in [5.74, 6) is 4.06. The number of carbonyl (C=O) groups excluding carboxylic acids is 1. The molecular formula is C31H58O5. The van der Waals surface area contributed by atoms with Gasteiger partial charge in [-0.15, -0.1) is 0 Å². The van der Waals surface area contributed by atoms with E-state index in [1.54, 1.807) is 0 Å². The number of carbonyl (C=O) groups is 2. The Morgan fingerprint density at radius 2 is 1.50 bits per heavy atom. The first-order chi connectivity index (χ1) is 17.1. The zero-order valence-electron chi connectivity index (χ0n) is 24.8. The first-order valence-electron chi connectivity index (χ1n) is 15.1. The van der Waals surface area contributed by atoms with E-state index in [1.807, 2.05) is 27.7 Å². The monoisotopic (exact) mass is 510 g/mol. The van der Waals surface area contributed by atoms with Crippen LogP contribution in [0.25, 0.3) is 0 Å². The van der Waals surface area contributed by atoms with Crippen molar-refractivity contribution >= 4 is 11.9 Å². The Bertz CT molecular complexity index is 659. The maximum atomic E-state index is 11.7. The highest BCUT2D eigenvalue weighted by atomic mass is 16.6. The van der Waals surface area contributed by atoms with Gasteiger partial charge < -0.3 is 14.9 Å². The Hall–Kier alpha value is -1.10. The van der Waals surface area contributed by atoms with Crippen molar-refractivity contribution in [3.05, 3.63) is 0 Å². The fraction of sp³-hybridized carbons (Fsp3) is 0.935. The third-order valence-electron chi connectivity index (χ3n) is 10.4. The molecule has 0 aromatic carbocycles. The van der Waals surface area contributed by atoms with Crippen molar-refractivity contribution in [3.8, 4) is 0 Å². The Labute approximate surface area is 222 Å². The summed E-state index contributed by atoms with van der Waals surface area (Å²) in [5.41, 5.74) is 1.10. The first kappa shape index (κ1) is 32.9. The normalized spacial score (nSPS) is 37.0.